The first kappa shape index (κ1) is 27.9. The lowest BCUT2D eigenvalue weighted by molar-refractivity contribution is -0.144. The number of nitrogens with zero attached hydrogens (tertiary/aromatic N) is 6. The molecular weight excluding hydrogens is 540 g/mol. The molecule has 1 fully saturated rings. The Hall–Kier alpha value is -4.66. The maximum Gasteiger partial charge on any atom is 0.329 e. The van der Waals surface area contributed by atoms with E-state index in [1.54, 1.807) is 15.8 Å². The molecule has 3 aromatic heterocycles. The van der Waals surface area contributed by atoms with Gasteiger partial charge < -0.3 is 25.4 Å². The summed E-state index contributed by atoms with van der Waals surface area (Å²) in [5.41, 5.74) is 1.66. The number of carboxylic acids is 1. The second-order valence-electron chi connectivity index (χ2n) is 9.68. The maximum absolute atomic E-state index is 14.2. The number of likely N-dealkylation sites (tertiary alicyclic amines) is 1. The summed E-state index contributed by atoms with van der Waals surface area (Å²) >= 11 is 0. The molecule has 0 bridgehead atoms. The molecule has 41 heavy (non-hydrogen) atoms. The van der Waals surface area contributed by atoms with Crippen LogP contribution in [0.1, 0.15) is 36.6 Å². The number of rotatable bonds is 11. The van der Waals surface area contributed by atoms with Gasteiger partial charge in [-0.3, -0.25) is 9.89 Å². The molecule has 0 radical (unpaired) electrons. The second-order valence-corrected chi connectivity index (χ2v) is 9.68. The molecule has 4 aromatic rings. The molecule has 15 heteroatoms. The first-order chi connectivity index (χ1) is 19.8. The zero-order valence-electron chi connectivity index (χ0n) is 22.2. The van der Waals surface area contributed by atoms with E-state index in [4.69, 9.17) is 9.84 Å². The van der Waals surface area contributed by atoms with Gasteiger partial charge in [-0.1, -0.05) is 6.07 Å². The predicted molar refractivity (Wildman–Crippen MR) is 144 cm³/mol. The molecule has 13 nitrogen and oxygen atoms in total. The SMILES string of the molecule is Cc1cc(Nc2nc(NCc3ccc(F)cc3F)nc3c2cnn3C2CCN(C(=O)CCOCC(=O)O)CC2)n[nH]1. The third-order valence-electron chi connectivity index (χ3n) is 6.71. The van der Waals surface area contributed by atoms with Crippen LogP contribution in [-0.2, 0) is 20.9 Å². The van der Waals surface area contributed by atoms with Crippen LogP contribution in [0.4, 0.5) is 26.4 Å². The molecule has 4 heterocycles. The summed E-state index contributed by atoms with van der Waals surface area (Å²) in [4.78, 5) is 34.1. The van der Waals surface area contributed by atoms with Crippen molar-refractivity contribution in [2.75, 3.05) is 36.9 Å². The molecule has 0 spiro atoms. The Labute approximate surface area is 232 Å². The lowest BCUT2D eigenvalue weighted by Crippen LogP contribution is -2.39. The Bertz CT molecular complexity index is 1550. The number of ether oxygens (including phenoxy) is 1. The van der Waals surface area contributed by atoms with Crippen LogP contribution < -0.4 is 10.6 Å². The van der Waals surface area contributed by atoms with Crippen LogP contribution in [0.15, 0.2) is 30.5 Å². The average molecular weight is 570 g/mol. The number of benzene rings is 1. The van der Waals surface area contributed by atoms with Gasteiger partial charge in [0.15, 0.2) is 11.5 Å². The predicted octanol–water partition coefficient (Wildman–Crippen LogP) is 3.15. The number of hydrogen-bond donors (Lipinski definition) is 4. The number of hydrogen-bond acceptors (Lipinski definition) is 9. The minimum atomic E-state index is -1.08. The van der Waals surface area contributed by atoms with Gasteiger partial charge in [-0.2, -0.15) is 20.2 Å². The van der Waals surface area contributed by atoms with Crippen LogP contribution >= 0.6 is 0 Å². The Kier molecular flexibility index (Phi) is 8.33. The normalized spacial score (nSPS) is 14.0. The van der Waals surface area contributed by atoms with Gasteiger partial charge in [-0.15, -0.1) is 0 Å². The highest BCUT2D eigenvalue weighted by molar-refractivity contribution is 5.89. The lowest BCUT2D eigenvalue weighted by Gasteiger charge is -2.32. The lowest BCUT2D eigenvalue weighted by atomic mass is 10.0. The summed E-state index contributed by atoms with van der Waals surface area (Å²) in [5, 5.41) is 27.2. The summed E-state index contributed by atoms with van der Waals surface area (Å²) in [7, 11) is 0. The highest BCUT2D eigenvalue weighted by atomic mass is 19.1. The van der Waals surface area contributed by atoms with Gasteiger partial charge >= 0.3 is 5.97 Å². The first-order valence-electron chi connectivity index (χ1n) is 13.1. The molecule has 0 aliphatic carbocycles. The van der Waals surface area contributed by atoms with Crippen LogP contribution in [0.2, 0.25) is 0 Å². The summed E-state index contributed by atoms with van der Waals surface area (Å²) < 4.78 is 34.3. The van der Waals surface area contributed by atoms with E-state index in [1.165, 1.54) is 12.1 Å². The Morgan fingerprint density at radius 1 is 1.20 bits per heavy atom. The zero-order valence-corrected chi connectivity index (χ0v) is 22.2. The molecule has 1 amide bonds. The smallest absolute Gasteiger partial charge is 0.329 e. The standard InChI is InChI=1S/C26H29F2N9O4/c1-15-10-21(35-34-15)31-24-19-13-30-37(18-4-7-36(8-5-18)22(38)6-9-41-14-23(39)40)25(19)33-26(32-24)29-12-16-2-3-17(27)11-20(16)28/h2-3,10-11,13,18H,4-9,12,14H2,1H3,(H,39,40)(H3,29,31,32,33,34,35). The molecule has 1 aliphatic rings. The first-order valence-corrected chi connectivity index (χ1v) is 13.1. The van der Waals surface area contributed by atoms with Crippen molar-refractivity contribution in [3.05, 3.63) is 53.4 Å². The van der Waals surface area contributed by atoms with Crippen molar-refractivity contribution in [2.24, 2.45) is 0 Å². The molecule has 1 aliphatic heterocycles. The van der Waals surface area contributed by atoms with E-state index < -0.39 is 24.2 Å². The summed E-state index contributed by atoms with van der Waals surface area (Å²) in [5.74, 6) is -1.30. The molecule has 0 atom stereocenters. The van der Waals surface area contributed by atoms with Gasteiger partial charge in [0.1, 0.15) is 24.1 Å². The van der Waals surface area contributed by atoms with Gasteiger partial charge in [0, 0.05) is 43.0 Å². The fraction of sp³-hybridized carbons (Fsp3) is 0.385. The van der Waals surface area contributed by atoms with Crippen molar-refractivity contribution in [2.45, 2.75) is 38.8 Å². The van der Waals surface area contributed by atoms with Gasteiger partial charge in [-0.05, 0) is 25.8 Å². The number of aryl methyl sites for hydroxylation is 1. The Morgan fingerprint density at radius 2 is 2.00 bits per heavy atom. The van der Waals surface area contributed by atoms with Crippen LogP contribution in [0.25, 0.3) is 11.0 Å². The number of anilines is 3. The fourth-order valence-corrected chi connectivity index (χ4v) is 4.65. The molecule has 216 valence electrons. The number of piperidine rings is 1. The number of halogens is 2. The number of aliphatic carboxylic acids is 1. The van der Waals surface area contributed by atoms with Crippen LogP contribution in [0.5, 0.6) is 0 Å². The third kappa shape index (κ3) is 6.74. The number of H-pyrrole nitrogens is 1. The van der Waals surface area contributed by atoms with E-state index in [9.17, 15) is 18.4 Å². The summed E-state index contributed by atoms with van der Waals surface area (Å²) in [6, 6.07) is 5.14. The molecule has 4 N–H and O–H groups in total. The number of fused-ring (bicyclic) bond motifs is 1. The van der Waals surface area contributed by atoms with Gasteiger partial charge in [-0.25, -0.2) is 18.3 Å². The Morgan fingerprint density at radius 3 is 2.71 bits per heavy atom. The molecule has 1 aromatic carbocycles. The van der Waals surface area contributed by atoms with Crippen molar-refractivity contribution < 1.29 is 28.2 Å². The van der Waals surface area contributed by atoms with E-state index >= 15 is 0 Å². The largest absolute Gasteiger partial charge is 0.480 e. The van der Waals surface area contributed by atoms with Crippen molar-refractivity contribution in [3.8, 4) is 0 Å². The van der Waals surface area contributed by atoms with Crippen LogP contribution in [0.3, 0.4) is 0 Å². The fourth-order valence-electron chi connectivity index (χ4n) is 4.65. The number of carbonyl (C=O) groups excluding carboxylic acids is 1. The molecule has 1 saturated heterocycles. The number of aromatic amines is 1. The molecular formula is C26H29F2N9O4. The quantitative estimate of drug-likeness (QED) is 0.197. The molecule has 0 unspecified atom stereocenters. The van der Waals surface area contributed by atoms with Gasteiger partial charge in [0.05, 0.1) is 30.7 Å². The van der Waals surface area contributed by atoms with E-state index in [2.05, 4.69) is 35.9 Å². The minimum Gasteiger partial charge on any atom is -0.480 e. The van der Waals surface area contributed by atoms with Crippen molar-refractivity contribution in [1.29, 1.82) is 0 Å². The highest BCUT2D eigenvalue weighted by Gasteiger charge is 2.26. The highest BCUT2D eigenvalue weighted by Crippen LogP contribution is 2.30. The average Bonchev–Trinajstić information content (AvgIpc) is 3.56. The number of amides is 1. The van der Waals surface area contributed by atoms with Crippen molar-refractivity contribution in [1.82, 2.24) is 34.8 Å². The minimum absolute atomic E-state index is 0.0311. The summed E-state index contributed by atoms with van der Waals surface area (Å²) in [6.07, 6.45) is 3.04. The van der Waals surface area contributed by atoms with E-state index in [0.717, 1.165) is 11.8 Å². The molecule has 0 saturated carbocycles. The van der Waals surface area contributed by atoms with Crippen LogP contribution in [-0.4, -0.2) is 78.1 Å². The maximum atomic E-state index is 14.2. The monoisotopic (exact) mass is 569 g/mol. The van der Waals surface area contributed by atoms with Gasteiger partial charge in [0.25, 0.3) is 0 Å². The molecule has 5 rings (SSSR count). The summed E-state index contributed by atoms with van der Waals surface area (Å²) in [6.45, 7) is 2.52. The number of carbonyl (C=O) groups is 2. The second kappa shape index (κ2) is 12.2. The zero-order chi connectivity index (χ0) is 28.9. The van der Waals surface area contributed by atoms with Crippen molar-refractivity contribution >= 4 is 40.5 Å². The van der Waals surface area contributed by atoms with Crippen LogP contribution in [0, 0.1) is 18.6 Å². The number of aromatic nitrogens is 6. The number of nitrogens with one attached hydrogen (secondary N) is 3. The van der Waals surface area contributed by atoms with Crippen molar-refractivity contribution in [3.63, 3.8) is 0 Å². The van der Waals surface area contributed by atoms with E-state index in [-0.39, 0.29) is 43.0 Å². The van der Waals surface area contributed by atoms with E-state index in [1.807, 2.05) is 13.0 Å². The third-order valence-corrected chi connectivity index (χ3v) is 6.71. The topological polar surface area (TPSA) is 163 Å². The van der Waals surface area contributed by atoms with Gasteiger partial charge in [0.2, 0.25) is 11.9 Å². The number of carboxylic acid groups (broad SMARTS) is 1. The Balaban J connectivity index is 1.33. The van der Waals surface area contributed by atoms with E-state index in [0.29, 0.717) is 48.6 Å².